The molecule has 3 aromatic rings. The number of primary amides is 1. The first-order valence-corrected chi connectivity index (χ1v) is 8.96. The second-order valence-electron chi connectivity index (χ2n) is 6.98. The molecule has 1 aliphatic rings. The SMILES string of the molecule is NC(=O)n1ncc2c3c(ccc21)CCC(=O)N(Cc1ccc(C(F)(F)F)cc1)C3. The van der Waals surface area contributed by atoms with Crippen molar-refractivity contribution in [3.8, 4) is 0 Å². The van der Waals surface area contributed by atoms with Crippen LogP contribution in [0.4, 0.5) is 18.0 Å². The first kappa shape index (κ1) is 19.0. The van der Waals surface area contributed by atoms with Gasteiger partial charge in [0.25, 0.3) is 0 Å². The van der Waals surface area contributed by atoms with Crippen LogP contribution in [0.25, 0.3) is 10.9 Å². The highest BCUT2D eigenvalue weighted by Crippen LogP contribution is 2.31. The number of hydrogen-bond donors (Lipinski definition) is 1. The van der Waals surface area contributed by atoms with Gasteiger partial charge in [-0.25, -0.2) is 4.79 Å². The van der Waals surface area contributed by atoms with Crippen molar-refractivity contribution in [3.05, 3.63) is 64.8 Å². The molecule has 1 aromatic heterocycles. The fraction of sp³-hybridized carbons (Fsp3) is 0.250. The molecule has 1 aliphatic heterocycles. The van der Waals surface area contributed by atoms with E-state index in [1.165, 1.54) is 12.1 Å². The van der Waals surface area contributed by atoms with Crippen molar-refractivity contribution >= 4 is 22.8 Å². The monoisotopic (exact) mass is 402 g/mol. The van der Waals surface area contributed by atoms with Crippen LogP contribution in [0.3, 0.4) is 0 Å². The third kappa shape index (κ3) is 3.55. The fourth-order valence-electron chi connectivity index (χ4n) is 3.64. The largest absolute Gasteiger partial charge is 0.416 e. The van der Waals surface area contributed by atoms with Gasteiger partial charge in [-0.15, -0.1) is 0 Å². The quantitative estimate of drug-likeness (QED) is 0.713. The van der Waals surface area contributed by atoms with E-state index in [1.807, 2.05) is 6.07 Å². The molecular formula is C20H17F3N4O2. The smallest absolute Gasteiger partial charge is 0.350 e. The summed E-state index contributed by atoms with van der Waals surface area (Å²) >= 11 is 0. The van der Waals surface area contributed by atoms with E-state index in [-0.39, 0.29) is 19.0 Å². The van der Waals surface area contributed by atoms with Crippen molar-refractivity contribution in [2.75, 3.05) is 0 Å². The number of carbonyl (C=O) groups is 2. The molecule has 29 heavy (non-hydrogen) atoms. The number of carbonyl (C=O) groups excluding carboxylic acids is 2. The van der Waals surface area contributed by atoms with Gasteiger partial charge in [0.1, 0.15) is 0 Å². The van der Waals surface area contributed by atoms with Gasteiger partial charge in [-0.05, 0) is 41.3 Å². The molecule has 6 nitrogen and oxygen atoms in total. The third-order valence-electron chi connectivity index (χ3n) is 5.13. The minimum atomic E-state index is -4.40. The molecule has 0 radical (unpaired) electrons. The minimum absolute atomic E-state index is 0.0865. The van der Waals surface area contributed by atoms with Gasteiger partial charge in [0.05, 0.1) is 17.3 Å². The van der Waals surface area contributed by atoms with E-state index < -0.39 is 17.8 Å². The number of hydrogen-bond acceptors (Lipinski definition) is 3. The number of fused-ring (bicyclic) bond motifs is 3. The van der Waals surface area contributed by atoms with Gasteiger partial charge in [-0.2, -0.15) is 23.0 Å². The summed E-state index contributed by atoms with van der Waals surface area (Å²) < 4.78 is 39.4. The van der Waals surface area contributed by atoms with Gasteiger partial charge in [-0.1, -0.05) is 18.2 Å². The molecule has 0 aliphatic carbocycles. The minimum Gasteiger partial charge on any atom is -0.350 e. The second-order valence-corrected chi connectivity index (χ2v) is 6.98. The van der Waals surface area contributed by atoms with E-state index in [1.54, 1.807) is 17.2 Å². The summed E-state index contributed by atoms with van der Waals surface area (Å²) in [4.78, 5) is 25.8. The molecule has 0 atom stereocenters. The van der Waals surface area contributed by atoms with Crippen molar-refractivity contribution in [3.63, 3.8) is 0 Å². The Bertz CT molecular complexity index is 1100. The average Bonchev–Trinajstić information content (AvgIpc) is 3.04. The Balaban J connectivity index is 1.66. The van der Waals surface area contributed by atoms with Gasteiger partial charge in [0.15, 0.2) is 0 Å². The topological polar surface area (TPSA) is 81.2 Å². The predicted octanol–water partition coefficient (Wildman–Crippen LogP) is 3.46. The Kier molecular flexibility index (Phi) is 4.52. The molecule has 0 bridgehead atoms. The molecule has 0 fully saturated rings. The second kappa shape index (κ2) is 6.91. The van der Waals surface area contributed by atoms with E-state index in [0.717, 1.165) is 33.3 Å². The third-order valence-corrected chi connectivity index (χ3v) is 5.13. The van der Waals surface area contributed by atoms with E-state index in [2.05, 4.69) is 5.10 Å². The first-order chi connectivity index (χ1) is 13.7. The maximum atomic E-state index is 12.8. The van der Waals surface area contributed by atoms with Crippen LogP contribution in [0.1, 0.15) is 28.7 Å². The van der Waals surface area contributed by atoms with Gasteiger partial charge in [0.2, 0.25) is 5.91 Å². The predicted molar refractivity (Wildman–Crippen MR) is 98.7 cm³/mol. The molecule has 2 amide bonds. The highest BCUT2D eigenvalue weighted by Gasteiger charge is 2.30. The van der Waals surface area contributed by atoms with Crippen molar-refractivity contribution in [1.82, 2.24) is 14.7 Å². The normalized spacial score (nSPS) is 14.7. The van der Waals surface area contributed by atoms with Crippen LogP contribution in [0, 0.1) is 0 Å². The molecule has 4 rings (SSSR count). The summed E-state index contributed by atoms with van der Waals surface area (Å²) in [5.41, 5.74) is 7.62. The highest BCUT2D eigenvalue weighted by atomic mass is 19.4. The fourth-order valence-corrected chi connectivity index (χ4v) is 3.64. The molecule has 0 spiro atoms. The Hall–Kier alpha value is -3.36. The summed E-state index contributed by atoms with van der Waals surface area (Å²) in [5, 5.41) is 4.76. The Labute approximate surface area is 163 Å². The van der Waals surface area contributed by atoms with Crippen molar-refractivity contribution in [2.24, 2.45) is 5.73 Å². The zero-order valence-electron chi connectivity index (χ0n) is 15.2. The van der Waals surface area contributed by atoms with Gasteiger partial charge >= 0.3 is 12.2 Å². The number of rotatable bonds is 2. The molecule has 2 heterocycles. The molecule has 0 saturated heterocycles. The van der Waals surface area contributed by atoms with Gasteiger partial charge < -0.3 is 10.6 Å². The van der Waals surface area contributed by atoms with E-state index in [9.17, 15) is 22.8 Å². The highest BCUT2D eigenvalue weighted by molar-refractivity contribution is 5.92. The number of amides is 2. The van der Waals surface area contributed by atoms with E-state index in [4.69, 9.17) is 5.73 Å². The van der Waals surface area contributed by atoms with Crippen LogP contribution in [0.5, 0.6) is 0 Å². The van der Waals surface area contributed by atoms with Crippen LogP contribution >= 0.6 is 0 Å². The lowest BCUT2D eigenvalue weighted by Gasteiger charge is -2.22. The molecule has 0 saturated carbocycles. The zero-order valence-corrected chi connectivity index (χ0v) is 15.2. The van der Waals surface area contributed by atoms with Crippen LogP contribution in [0.2, 0.25) is 0 Å². The van der Waals surface area contributed by atoms with Gasteiger partial charge in [0, 0.05) is 24.9 Å². The maximum absolute atomic E-state index is 12.8. The van der Waals surface area contributed by atoms with E-state index in [0.29, 0.717) is 23.9 Å². The number of aromatic nitrogens is 2. The van der Waals surface area contributed by atoms with Crippen LogP contribution in [0.15, 0.2) is 42.6 Å². The Morgan fingerprint density at radius 1 is 1.10 bits per heavy atom. The molecule has 2 aromatic carbocycles. The number of nitrogens with two attached hydrogens (primary N) is 1. The molecule has 150 valence electrons. The van der Waals surface area contributed by atoms with Gasteiger partial charge in [-0.3, -0.25) is 4.79 Å². The van der Waals surface area contributed by atoms with Crippen molar-refractivity contribution in [1.29, 1.82) is 0 Å². The number of nitrogens with zero attached hydrogens (tertiary/aromatic N) is 3. The lowest BCUT2D eigenvalue weighted by molar-refractivity contribution is -0.137. The summed E-state index contributed by atoms with van der Waals surface area (Å²) in [5.74, 6) is -0.0865. The van der Waals surface area contributed by atoms with Crippen LogP contribution in [-0.4, -0.2) is 26.6 Å². The van der Waals surface area contributed by atoms with E-state index >= 15 is 0 Å². The molecule has 0 unspecified atom stereocenters. The zero-order chi connectivity index (χ0) is 20.8. The summed E-state index contributed by atoms with van der Waals surface area (Å²) in [7, 11) is 0. The number of benzene rings is 2. The van der Waals surface area contributed by atoms with Crippen LogP contribution < -0.4 is 5.73 Å². The number of alkyl halides is 3. The van der Waals surface area contributed by atoms with Crippen molar-refractivity contribution < 1.29 is 22.8 Å². The number of halogens is 3. The Morgan fingerprint density at radius 2 is 1.83 bits per heavy atom. The average molecular weight is 402 g/mol. The number of aryl methyl sites for hydroxylation is 1. The van der Waals surface area contributed by atoms with Crippen molar-refractivity contribution in [2.45, 2.75) is 32.1 Å². The molecule has 9 heteroatoms. The lowest BCUT2D eigenvalue weighted by atomic mass is 10.0. The standard InChI is InChI=1S/C20H17F3N4O2/c21-20(22,23)14-5-1-12(2-6-14)10-26-11-16-13(4-8-18(26)28)3-7-17-15(16)9-25-27(17)19(24)29/h1-3,5-7,9H,4,8,10-11H2,(H2,24,29). The van der Waals surface area contributed by atoms with Crippen LogP contribution in [-0.2, 0) is 30.5 Å². The summed E-state index contributed by atoms with van der Waals surface area (Å²) in [6, 6.07) is 7.70. The Morgan fingerprint density at radius 3 is 2.48 bits per heavy atom. The summed E-state index contributed by atoms with van der Waals surface area (Å²) in [6.07, 6.45) is -2.02. The molecule has 2 N–H and O–H groups in total. The summed E-state index contributed by atoms with van der Waals surface area (Å²) in [6.45, 7) is 0.466. The molecular weight excluding hydrogens is 385 g/mol. The lowest BCUT2D eigenvalue weighted by Crippen LogP contribution is -2.28. The first-order valence-electron chi connectivity index (χ1n) is 8.96. The maximum Gasteiger partial charge on any atom is 0.416 e.